The number of benzene rings is 4. The van der Waals surface area contributed by atoms with Gasteiger partial charge in [-0.3, -0.25) is 0 Å². The second-order valence-electron chi connectivity index (χ2n) is 6.44. The third kappa shape index (κ3) is 2.30. The molecule has 0 saturated heterocycles. The molecule has 1 aliphatic carbocycles. The van der Waals surface area contributed by atoms with Gasteiger partial charge in [0.05, 0.1) is 0 Å². The van der Waals surface area contributed by atoms with Crippen LogP contribution in [-0.2, 0) is 1.43 Å². The van der Waals surface area contributed by atoms with Gasteiger partial charge in [0.2, 0.25) is 0 Å². The molecule has 1 aliphatic rings. The molecular formula is C21H14I2P2. The summed E-state index contributed by atoms with van der Waals surface area (Å²) in [6.45, 7) is 0. The molecule has 4 aromatic rings. The summed E-state index contributed by atoms with van der Waals surface area (Å²) in [7, 11) is 5.96. The monoisotopic (exact) mass is 582 g/mol. The molecular weight excluding hydrogens is 568 g/mol. The van der Waals surface area contributed by atoms with Crippen molar-refractivity contribution in [2.24, 2.45) is 0 Å². The molecule has 5 rings (SSSR count). The standard InChI is InChI=1S/C21H14I2P2/c22-21(23)17-8-4-3-5-11(17)14-9-15-16(10-18(14)21)20(25)13-7-2-1-6-12(13)19(15)24/h1-10H,24-25H2. The van der Waals surface area contributed by atoms with Crippen LogP contribution in [0.3, 0.4) is 0 Å². The Balaban J connectivity index is 1.98. The number of fused-ring (bicyclic) bond motifs is 5. The van der Waals surface area contributed by atoms with Crippen LogP contribution in [0.25, 0.3) is 32.7 Å². The maximum absolute atomic E-state index is 2.98. The molecule has 0 aliphatic heterocycles. The fourth-order valence-corrected chi connectivity index (χ4v) is 6.72. The Labute approximate surface area is 178 Å². The van der Waals surface area contributed by atoms with E-state index in [-0.39, 0.29) is 1.43 Å². The Hall–Kier alpha value is -0.280. The maximum Gasteiger partial charge on any atom is 0.124 e. The van der Waals surface area contributed by atoms with E-state index in [1.807, 2.05) is 0 Å². The lowest BCUT2D eigenvalue weighted by molar-refractivity contribution is 1.24. The van der Waals surface area contributed by atoms with Crippen LogP contribution in [0.4, 0.5) is 0 Å². The molecule has 0 spiro atoms. The molecule has 0 fully saturated rings. The van der Waals surface area contributed by atoms with Gasteiger partial charge in [-0.15, -0.1) is 18.5 Å². The average molecular weight is 582 g/mol. The van der Waals surface area contributed by atoms with Crippen LogP contribution in [0.1, 0.15) is 11.1 Å². The van der Waals surface area contributed by atoms with Crippen molar-refractivity contribution in [3.8, 4) is 11.1 Å². The van der Waals surface area contributed by atoms with Crippen LogP contribution < -0.4 is 10.6 Å². The van der Waals surface area contributed by atoms with Crippen molar-refractivity contribution < 1.29 is 0 Å². The minimum Gasteiger partial charge on any atom is -0.104 e. The summed E-state index contributed by atoms with van der Waals surface area (Å²) in [5.41, 5.74) is 5.55. The summed E-state index contributed by atoms with van der Waals surface area (Å²) in [5, 5.41) is 7.86. The smallest absolute Gasteiger partial charge is 0.104 e. The quantitative estimate of drug-likeness (QED) is 0.103. The van der Waals surface area contributed by atoms with E-state index in [9.17, 15) is 0 Å². The molecule has 0 saturated carbocycles. The van der Waals surface area contributed by atoms with Gasteiger partial charge in [-0.05, 0) is 66.5 Å². The van der Waals surface area contributed by atoms with E-state index in [0.717, 1.165) is 0 Å². The van der Waals surface area contributed by atoms with E-state index in [4.69, 9.17) is 0 Å². The highest BCUT2D eigenvalue weighted by Gasteiger charge is 2.39. The molecule has 0 radical (unpaired) electrons. The second kappa shape index (κ2) is 5.86. The molecule has 0 nitrogen and oxygen atoms in total. The number of hydrogen-bond acceptors (Lipinski definition) is 0. The van der Waals surface area contributed by atoms with Crippen molar-refractivity contribution in [2.75, 3.05) is 0 Å². The summed E-state index contributed by atoms with van der Waals surface area (Å²) in [6, 6.07) is 22.3. The molecule has 0 amide bonds. The van der Waals surface area contributed by atoms with Crippen molar-refractivity contribution in [3.05, 3.63) is 71.8 Å². The van der Waals surface area contributed by atoms with Crippen LogP contribution in [-0.4, -0.2) is 0 Å². The Morgan fingerprint density at radius 3 is 1.84 bits per heavy atom. The first kappa shape index (κ1) is 16.9. The number of rotatable bonds is 0. The van der Waals surface area contributed by atoms with Crippen LogP contribution in [0, 0.1) is 0 Å². The zero-order chi connectivity index (χ0) is 17.3. The first-order chi connectivity index (χ1) is 12.0. The Bertz CT molecular complexity index is 1200. The lowest BCUT2D eigenvalue weighted by Gasteiger charge is -2.19. The molecule has 0 heterocycles. The Morgan fingerprint density at radius 1 is 0.600 bits per heavy atom. The van der Waals surface area contributed by atoms with E-state index in [1.165, 1.54) is 54.4 Å². The van der Waals surface area contributed by atoms with E-state index < -0.39 is 0 Å². The zero-order valence-corrected chi connectivity index (χ0v) is 19.8. The lowest BCUT2D eigenvalue weighted by atomic mass is 9.97. The molecule has 4 aromatic carbocycles. The predicted molar refractivity (Wildman–Crippen MR) is 134 cm³/mol. The van der Waals surface area contributed by atoms with Gasteiger partial charge in [0.15, 0.2) is 0 Å². The SMILES string of the molecule is Pc1c2ccccc2c(P)c2cc3c(cc12)-c1ccccc1C3(I)I. The predicted octanol–water partition coefficient (Wildman–Crippen LogP) is 6.05. The van der Waals surface area contributed by atoms with Crippen LogP contribution in [0.15, 0.2) is 60.7 Å². The van der Waals surface area contributed by atoms with Gasteiger partial charge < -0.3 is 0 Å². The first-order valence-corrected chi connectivity index (χ1v) is 11.3. The van der Waals surface area contributed by atoms with Gasteiger partial charge in [0, 0.05) is 0 Å². The molecule has 0 aromatic heterocycles. The fraction of sp³-hybridized carbons (Fsp3) is 0.0476. The van der Waals surface area contributed by atoms with Crippen molar-refractivity contribution >= 4 is 95.8 Å². The molecule has 2 atom stereocenters. The van der Waals surface area contributed by atoms with E-state index in [2.05, 4.69) is 124 Å². The minimum atomic E-state index is -0.0144. The van der Waals surface area contributed by atoms with Gasteiger partial charge in [0.1, 0.15) is 1.43 Å². The second-order valence-corrected chi connectivity index (χ2v) is 12.9. The molecule has 0 bridgehead atoms. The summed E-state index contributed by atoms with van der Waals surface area (Å²) in [6.07, 6.45) is 0. The van der Waals surface area contributed by atoms with Crippen molar-refractivity contribution in [3.63, 3.8) is 0 Å². The molecule has 0 N–H and O–H groups in total. The van der Waals surface area contributed by atoms with E-state index in [0.29, 0.717) is 0 Å². The molecule has 2 unspecified atom stereocenters. The van der Waals surface area contributed by atoms with Crippen molar-refractivity contribution in [1.29, 1.82) is 0 Å². The Kier molecular flexibility index (Phi) is 3.95. The van der Waals surface area contributed by atoms with Gasteiger partial charge in [-0.25, -0.2) is 0 Å². The minimum absolute atomic E-state index is 0.0144. The Morgan fingerprint density at radius 2 is 1.16 bits per heavy atom. The van der Waals surface area contributed by atoms with Gasteiger partial charge in [-0.1, -0.05) is 93.7 Å². The number of hydrogen-bond donors (Lipinski definition) is 0. The van der Waals surface area contributed by atoms with Crippen molar-refractivity contribution in [1.82, 2.24) is 0 Å². The zero-order valence-electron chi connectivity index (χ0n) is 13.2. The van der Waals surface area contributed by atoms with Gasteiger partial charge in [0.25, 0.3) is 0 Å². The third-order valence-electron chi connectivity index (χ3n) is 5.14. The van der Waals surface area contributed by atoms with Gasteiger partial charge >= 0.3 is 0 Å². The highest BCUT2D eigenvalue weighted by atomic mass is 127. The summed E-state index contributed by atoms with van der Waals surface area (Å²) in [5.74, 6) is 0. The molecule has 25 heavy (non-hydrogen) atoms. The summed E-state index contributed by atoms with van der Waals surface area (Å²) < 4.78 is -0.0144. The maximum atomic E-state index is 2.98. The average Bonchev–Trinajstić information content (AvgIpc) is 2.86. The van der Waals surface area contributed by atoms with Crippen LogP contribution >= 0.6 is 63.7 Å². The summed E-state index contributed by atoms with van der Waals surface area (Å²) >= 11 is 5.19. The number of alkyl halides is 2. The van der Waals surface area contributed by atoms with Crippen molar-refractivity contribution in [2.45, 2.75) is 1.43 Å². The molecule has 4 heteroatoms. The number of halogens is 2. The van der Waals surface area contributed by atoms with Gasteiger partial charge in [-0.2, -0.15) is 0 Å². The van der Waals surface area contributed by atoms with Crippen LogP contribution in [0.2, 0.25) is 0 Å². The highest BCUT2D eigenvalue weighted by molar-refractivity contribution is 14.2. The third-order valence-corrected chi connectivity index (χ3v) is 8.71. The molecule has 122 valence electrons. The fourth-order valence-electron chi connectivity index (χ4n) is 3.91. The van der Waals surface area contributed by atoms with Crippen LogP contribution in [0.5, 0.6) is 0 Å². The van der Waals surface area contributed by atoms with E-state index in [1.54, 1.807) is 0 Å². The van der Waals surface area contributed by atoms with E-state index >= 15 is 0 Å². The largest absolute Gasteiger partial charge is 0.124 e. The summed E-state index contributed by atoms with van der Waals surface area (Å²) in [4.78, 5) is 0. The lowest BCUT2D eigenvalue weighted by Crippen LogP contribution is -2.09. The topological polar surface area (TPSA) is 0 Å². The first-order valence-electron chi connectivity index (χ1n) is 8.01. The highest BCUT2D eigenvalue weighted by Crippen LogP contribution is 2.57. The normalized spacial score (nSPS) is 14.7.